The van der Waals surface area contributed by atoms with Gasteiger partial charge in [-0.1, -0.05) is 0 Å². The van der Waals surface area contributed by atoms with Crippen LogP contribution in [0.25, 0.3) is 0 Å². The Balaban J connectivity index is 1.68. The maximum absolute atomic E-state index is 12.0. The highest BCUT2D eigenvalue weighted by Gasteiger charge is 2.26. The van der Waals surface area contributed by atoms with Crippen molar-refractivity contribution in [3.8, 4) is 5.88 Å². The van der Waals surface area contributed by atoms with Crippen molar-refractivity contribution in [1.82, 2.24) is 10.1 Å². The van der Waals surface area contributed by atoms with E-state index in [-0.39, 0.29) is 17.7 Å². The third-order valence-corrected chi connectivity index (χ3v) is 3.92. The molecule has 0 aromatic carbocycles. The molecule has 8 heteroatoms. The molecule has 0 bridgehead atoms. The molecule has 1 aromatic heterocycles. The van der Waals surface area contributed by atoms with Crippen LogP contribution >= 0.6 is 0 Å². The molecule has 0 spiro atoms. The molecule has 1 aliphatic rings. The largest absolute Gasteiger partial charge is 0.475 e. The van der Waals surface area contributed by atoms with Crippen LogP contribution in [0.2, 0.25) is 0 Å². The van der Waals surface area contributed by atoms with Gasteiger partial charge in [0.15, 0.2) is 0 Å². The number of hydrogen-bond donors (Lipinski definition) is 0. The van der Waals surface area contributed by atoms with E-state index < -0.39 is 11.6 Å². The fraction of sp³-hybridized carbons (Fsp3) is 0.706. The fourth-order valence-electron chi connectivity index (χ4n) is 2.58. The Bertz CT molecular complexity index is 584. The van der Waals surface area contributed by atoms with Crippen molar-refractivity contribution >= 4 is 12.1 Å². The third-order valence-electron chi connectivity index (χ3n) is 3.92. The van der Waals surface area contributed by atoms with Crippen molar-refractivity contribution in [3.05, 3.63) is 11.8 Å². The van der Waals surface area contributed by atoms with Crippen molar-refractivity contribution < 1.29 is 28.3 Å². The maximum Gasteiger partial charge on any atom is 0.410 e. The summed E-state index contributed by atoms with van der Waals surface area (Å²) in [5.74, 6) is 0.178. The molecule has 1 aliphatic heterocycles. The van der Waals surface area contributed by atoms with Crippen LogP contribution in [0.5, 0.6) is 5.88 Å². The fourth-order valence-corrected chi connectivity index (χ4v) is 2.58. The molecule has 140 valence electrons. The number of ether oxygens (including phenoxy) is 3. The van der Waals surface area contributed by atoms with Crippen molar-refractivity contribution in [3.63, 3.8) is 0 Å². The maximum atomic E-state index is 12.0. The Morgan fingerprint density at radius 1 is 1.32 bits per heavy atom. The molecule has 0 atom stereocenters. The van der Waals surface area contributed by atoms with Crippen LogP contribution in [0.1, 0.15) is 50.6 Å². The number of nitrogens with zero attached hydrogens (tertiary/aromatic N) is 2. The summed E-state index contributed by atoms with van der Waals surface area (Å²) in [4.78, 5) is 25.0. The van der Waals surface area contributed by atoms with Gasteiger partial charge in [-0.3, -0.25) is 0 Å². The van der Waals surface area contributed by atoms with Gasteiger partial charge in [-0.05, 0) is 51.1 Å². The summed E-state index contributed by atoms with van der Waals surface area (Å²) < 4.78 is 20.3. The summed E-state index contributed by atoms with van der Waals surface area (Å²) in [6, 6.07) is 1.41. The van der Waals surface area contributed by atoms with E-state index in [2.05, 4.69) is 9.89 Å². The third kappa shape index (κ3) is 5.95. The predicted molar refractivity (Wildman–Crippen MR) is 88.5 cm³/mol. The molecule has 2 rings (SSSR count). The molecule has 0 N–H and O–H groups in total. The van der Waals surface area contributed by atoms with Crippen molar-refractivity contribution in [2.75, 3.05) is 26.8 Å². The average molecular weight is 354 g/mol. The lowest BCUT2D eigenvalue weighted by molar-refractivity contribution is 0.0176. The molecule has 0 unspecified atom stereocenters. The smallest absolute Gasteiger partial charge is 0.410 e. The predicted octanol–water partition coefficient (Wildman–Crippen LogP) is 2.88. The van der Waals surface area contributed by atoms with E-state index in [1.807, 2.05) is 20.8 Å². The van der Waals surface area contributed by atoms with Gasteiger partial charge in [-0.2, -0.15) is 0 Å². The van der Waals surface area contributed by atoms with E-state index in [0.717, 1.165) is 19.3 Å². The molecule has 0 radical (unpaired) electrons. The standard InChI is InChI=1S/C17H26N2O6/c1-17(2,3)24-16(21)19-8-5-12(6-9-19)7-10-23-14-11-13(25-18-14)15(20)22-4/h11-12H,5-10H2,1-4H3. The molecule has 0 aliphatic carbocycles. The van der Waals surface area contributed by atoms with Gasteiger partial charge >= 0.3 is 12.1 Å². The Labute approximate surface area is 147 Å². The van der Waals surface area contributed by atoms with E-state index in [1.54, 1.807) is 4.90 Å². The number of methoxy groups -OCH3 is 1. The lowest BCUT2D eigenvalue weighted by Crippen LogP contribution is -2.41. The highest BCUT2D eigenvalue weighted by Crippen LogP contribution is 2.23. The number of hydrogen-bond acceptors (Lipinski definition) is 7. The normalized spacial score (nSPS) is 15.8. The van der Waals surface area contributed by atoms with Crippen LogP contribution in [0, 0.1) is 5.92 Å². The Hall–Kier alpha value is -2.25. The second-order valence-electron chi connectivity index (χ2n) is 7.07. The van der Waals surface area contributed by atoms with Crippen LogP contribution < -0.4 is 4.74 Å². The lowest BCUT2D eigenvalue weighted by Gasteiger charge is -2.33. The van der Waals surface area contributed by atoms with Gasteiger partial charge in [0.2, 0.25) is 5.76 Å². The average Bonchev–Trinajstić information content (AvgIpc) is 3.02. The zero-order valence-corrected chi connectivity index (χ0v) is 15.2. The van der Waals surface area contributed by atoms with Gasteiger partial charge in [0.1, 0.15) is 5.60 Å². The summed E-state index contributed by atoms with van der Waals surface area (Å²) in [6.45, 7) is 7.45. The molecular weight excluding hydrogens is 328 g/mol. The van der Waals surface area contributed by atoms with Gasteiger partial charge in [0.25, 0.3) is 5.88 Å². The van der Waals surface area contributed by atoms with Crippen LogP contribution in [-0.2, 0) is 9.47 Å². The highest BCUT2D eigenvalue weighted by molar-refractivity contribution is 5.86. The minimum atomic E-state index is -0.586. The molecular formula is C17H26N2O6. The Morgan fingerprint density at radius 3 is 2.60 bits per heavy atom. The van der Waals surface area contributed by atoms with Crippen molar-refractivity contribution in [2.45, 2.75) is 45.6 Å². The minimum absolute atomic E-state index is 0.0168. The van der Waals surface area contributed by atoms with Gasteiger partial charge in [-0.15, -0.1) is 0 Å². The molecule has 1 fully saturated rings. The van der Waals surface area contributed by atoms with Crippen molar-refractivity contribution in [1.29, 1.82) is 0 Å². The lowest BCUT2D eigenvalue weighted by atomic mass is 9.94. The molecule has 25 heavy (non-hydrogen) atoms. The molecule has 1 saturated heterocycles. The first-order chi connectivity index (χ1) is 11.8. The SMILES string of the molecule is COC(=O)c1cc(OCCC2CCN(C(=O)OC(C)(C)C)CC2)no1. The summed E-state index contributed by atoms with van der Waals surface area (Å²) >= 11 is 0. The first-order valence-electron chi connectivity index (χ1n) is 8.44. The zero-order chi connectivity index (χ0) is 18.4. The van der Waals surface area contributed by atoms with E-state index in [4.69, 9.17) is 14.0 Å². The summed E-state index contributed by atoms with van der Waals surface area (Å²) in [5.41, 5.74) is -0.470. The number of aromatic nitrogens is 1. The molecule has 0 saturated carbocycles. The summed E-state index contributed by atoms with van der Waals surface area (Å²) in [6.07, 6.45) is 2.42. The number of likely N-dealkylation sites (tertiary alicyclic amines) is 1. The second kappa shape index (κ2) is 8.22. The van der Waals surface area contributed by atoms with Gasteiger partial charge in [-0.25, -0.2) is 9.59 Å². The van der Waals surface area contributed by atoms with E-state index in [9.17, 15) is 9.59 Å². The van der Waals surface area contributed by atoms with Gasteiger partial charge in [0.05, 0.1) is 19.8 Å². The van der Waals surface area contributed by atoms with Crippen molar-refractivity contribution in [2.24, 2.45) is 5.92 Å². The van der Waals surface area contributed by atoms with Gasteiger partial charge < -0.3 is 23.6 Å². The van der Waals surface area contributed by atoms with E-state index in [1.165, 1.54) is 13.2 Å². The number of piperidine rings is 1. The molecule has 1 amide bonds. The molecule has 8 nitrogen and oxygen atoms in total. The van der Waals surface area contributed by atoms with Crippen LogP contribution in [-0.4, -0.2) is 54.5 Å². The number of rotatable bonds is 5. The van der Waals surface area contributed by atoms with Crippen LogP contribution in [0.15, 0.2) is 10.6 Å². The van der Waals surface area contributed by atoms with Crippen LogP contribution in [0.4, 0.5) is 4.79 Å². The summed E-state index contributed by atoms with van der Waals surface area (Å²) in [7, 11) is 1.27. The number of amides is 1. The Morgan fingerprint density at radius 2 is 2.00 bits per heavy atom. The second-order valence-corrected chi connectivity index (χ2v) is 7.07. The number of esters is 1. The summed E-state index contributed by atoms with van der Waals surface area (Å²) in [5, 5.41) is 3.67. The minimum Gasteiger partial charge on any atom is -0.475 e. The molecule has 2 heterocycles. The molecule has 1 aromatic rings. The zero-order valence-electron chi connectivity index (χ0n) is 15.2. The first kappa shape index (κ1) is 19.1. The highest BCUT2D eigenvalue weighted by atomic mass is 16.6. The first-order valence-corrected chi connectivity index (χ1v) is 8.44. The van der Waals surface area contributed by atoms with Gasteiger partial charge in [0, 0.05) is 13.1 Å². The monoisotopic (exact) mass is 354 g/mol. The van der Waals surface area contributed by atoms with E-state index in [0.29, 0.717) is 25.6 Å². The van der Waals surface area contributed by atoms with E-state index >= 15 is 0 Å². The topological polar surface area (TPSA) is 91.1 Å². The quantitative estimate of drug-likeness (QED) is 0.751. The Kier molecular flexibility index (Phi) is 6.27. The van der Waals surface area contributed by atoms with Crippen LogP contribution in [0.3, 0.4) is 0 Å². The number of carbonyl (C=O) groups is 2. The number of carbonyl (C=O) groups excluding carboxylic acids is 2.